The Bertz CT molecular complexity index is 1500. The number of carbonyl (C=O) groups is 1. The summed E-state index contributed by atoms with van der Waals surface area (Å²) < 4.78 is 6.57. The Balaban J connectivity index is 1.55. The van der Waals surface area contributed by atoms with Crippen molar-refractivity contribution in [2.24, 2.45) is 0 Å². The third-order valence-corrected chi connectivity index (χ3v) is 6.30. The summed E-state index contributed by atoms with van der Waals surface area (Å²) >= 11 is 0. The van der Waals surface area contributed by atoms with E-state index >= 15 is 0 Å². The van der Waals surface area contributed by atoms with Crippen LogP contribution in [0.1, 0.15) is 40.4 Å². The van der Waals surface area contributed by atoms with Crippen LogP contribution in [0, 0.1) is 13.8 Å². The largest absolute Gasteiger partial charge is 0.496 e. The Morgan fingerprint density at radius 2 is 1.97 bits per heavy atom. The molecule has 176 valence electrons. The Labute approximate surface area is 202 Å². The highest BCUT2D eigenvalue weighted by molar-refractivity contribution is 5.97. The normalized spacial score (nSPS) is 13.2. The lowest BCUT2D eigenvalue weighted by Gasteiger charge is -2.25. The monoisotopic (exact) mass is 468 g/mol. The molecule has 0 atom stereocenters. The van der Waals surface area contributed by atoms with Gasteiger partial charge >= 0.3 is 12.0 Å². The van der Waals surface area contributed by atoms with Crippen LogP contribution in [0.15, 0.2) is 48.5 Å². The van der Waals surface area contributed by atoms with E-state index in [0.717, 1.165) is 58.7 Å². The maximum absolute atomic E-state index is 13.5. The fraction of sp³-hybridized carbons (Fsp3) is 0.259. The van der Waals surface area contributed by atoms with Crippen molar-refractivity contribution in [2.75, 3.05) is 18.6 Å². The molecule has 3 heterocycles. The lowest BCUT2D eigenvalue weighted by Crippen LogP contribution is -2.20. The zero-order valence-electron chi connectivity index (χ0n) is 20.0. The lowest BCUT2D eigenvalue weighted by atomic mass is 10.1. The molecule has 0 radical (unpaired) electrons. The number of nitrogens with zero attached hydrogens (tertiary/aromatic N) is 4. The number of aryl methyl sites for hydroxylation is 3. The minimum absolute atomic E-state index is 0.265. The van der Waals surface area contributed by atoms with Crippen molar-refractivity contribution in [2.45, 2.75) is 33.1 Å². The van der Waals surface area contributed by atoms with E-state index in [4.69, 9.17) is 9.72 Å². The molecule has 0 bridgehead atoms. The molecule has 8 heteroatoms. The molecule has 1 aliphatic rings. The summed E-state index contributed by atoms with van der Waals surface area (Å²) in [6.07, 6.45) is 4.81. The number of ether oxygens (including phenoxy) is 1. The molecule has 4 aromatic rings. The van der Waals surface area contributed by atoms with Crippen LogP contribution in [0.3, 0.4) is 0 Å². The van der Waals surface area contributed by atoms with E-state index in [9.17, 15) is 9.59 Å². The van der Waals surface area contributed by atoms with Gasteiger partial charge in [-0.25, -0.2) is 9.78 Å². The van der Waals surface area contributed by atoms with Crippen LogP contribution >= 0.6 is 0 Å². The van der Waals surface area contributed by atoms with E-state index in [1.165, 1.54) is 7.11 Å². The number of rotatable bonds is 4. The van der Waals surface area contributed by atoms with Crippen LogP contribution in [0.5, 0.6) is 5.75 Å². The number of hydrogen-bond donors (Lipinski definition) is 1. The van der Waals surface area contributed by atoms with Gasteiger partial charge in [0.2, 0.25) is 0 Å². The highest BCUT2D eigenvalue weighted by Gasteiger charge is 2.31. The number of benzene rings is 2. The van der Waals surface area contributed by atoms with Gasteiger partial charge in [0, 0.05) is 30.1 Å². The van der Waals surface area contributed by atoms with Crippen LogP contribution in [0.2, 0.25) is 0 Å². The van der Waals surface area contributed by atoms with Gasteiger partial charge in [-0.1, -0.05) is 6.07 Å². The Morgan fingerprint density at radius 1 is 1.11 bits per heavy atom. The van der Waals surface area contributed by atoms with Gasteiger partial charge in [0.1, 0.15) is 17.1 Å². The number of aromatic amines is 1. The van der Waals surface area contributed by atoms with E-state index in [2.05, 4.69) is 20.9 Å². The molecule has 8 nitrogen and oxygen atoms in total. The summed E-state index contributed by atoms with van der Waals surface area (Å²) in [5.74, 6) is 0.532. The number of H-pyrrole nitrogens is 1. The SMILES string of the molecule is COc1cc(N2CCCCc3nc(C)ccc32)ccc1C(=O)[N+](=C=O)c1cccc2[nH]c(C)nc12. The summed E-state index contributed by atoms with van der Waals surface area (Å²) in [7, 11) is 1.52. The Morgan fingerprint density at radius 3 is 2.77 bits per heavy atom. The molecular formula is C27H26N5O3+. The highest BCUT2D eigenvalue weighted by Crippen LogP contribution is 2.35. The van der Waals surface area contributed by atoms with Crippen molar-refractivity contribution in [1.29, 1.82) is 0 Å². The number of anilines is 2. The number of hydrogen-bond acceptors (Lipinski definition) is 6. The molecule has 0 saturated carbocycles. The first kappa shape index (κ1) is 22.5. The lowest BCUT2D eigenvalue weighted by molar-refractivity contribution is -0.330. The summed E-state index contributed by atoms with van der Waals surface area (Å²) in [4.78, 5) is 40.0. The second kappa shape index (κ2) is 9.16. The summed E-state index contributed by atoms with van der Waals surface area (Å²) in [5, 5.41) is 0. The van der Waals surface area contributed by atoms with Gasteiger partial charge in [-0.15, -0.1) is 0 Å². The minimum atomic E-state index is -0.537. The number of carbonyl (C=O) groups excluding carboxylic acids is 2. The number of para-hydroxylation sites is 1. The molecule has 1 N–H and O–H groups in total. The number of imidazole rings is 1. The molecule has 0 unspecified atom stereocenters. The van der Waals surface area contributed by atoms with Crippen molar-refractivity contribution in [3.63, 3.8) is 0 Å². The van der Waals surface area contributed by atoms with E-state index in [1.54, 1.807) is 24.3 Å². The zero-order chi connectivity index (χ0) is 24.5. The number of methoxy groups -OCH3 is 1. The fourth-order valence-electron chi connectivity index (χ4n) is 4.65. The van der Waals surface area contributed by atoms with Gasteiger partial charge in [0.15, 0.2) is 5.52 Å². The zero-order valence-corrected chi connectivity index (χ0v) is 20.0. The maximum Gasteiger partial charge on any atom is 0.440 e. The molecular weight excluding hydrogens is 442 g/mol. The van der Waals surface area contributed by atoms with E-state index in [1.807, 2.05) is 38.1 Å². The molecule has 0 spiro atoms. The average molecular weight is 469 g/mol. The van der Waals surface area contributed by atoms with Gasteiger partial charge in [-0.05, 0) is 68.0 Å². The third-order valence-electron chi connectivity index (χ3n) is 6.30. The molecule has 35 heavy (non-hydrogen) atoms. The summed E-state index contributed by atoms with van der Waals surface area (Å²) in [6.45, 7) is 4.66. The second-order valence-corrected chi connectivity index (χ2v) is 8.64. The van der Waals surface area contributed by atoms with Gasteiger partial charge < -0.3 is 14.6 Å². The van der Waals surface area contributed by atoms with E-state index < -0.39 is 5.91 Å². The summed E-state index contributed by atoms with van der Waals surface area (Å²) in [5.41, 5.74) is 5.93. The Kier molecular flexibility index (Phi) is 5.89. The van der Waals surface area contributed by atoms with Crippen LogP contribution in [0.4, 0.5) is 17.1 Å². The first-order valence-electron chi connectivity index (χ1n) is 11.6. The predicted octanol–water partition coefficient (Wildman–Crippen LogP) is 4.88. The van der Waals surface area contributed by atoms with Crippen molar-refractivity contribution in [3.8, 4) is 5.75 Å². The van der Waals surface area contributed by atoms with Crippen LogP contribution in [-0.4, -0.2) is 45.2 Å². The third kappa shape index (κ3) is 4.09. The van der Waals surface area contributed by atoms with Crippen LogP contribution < -0.4 is 9.64 Å². The average Bonchev–Trinajstić information content (AvgIpc) is 3.13. The number of amides is 1. The number of isocyanates is 1. The first-order valence-corrected chi connectivity index (χ1v) is 11.6. The van der Waals surface area contributed by atoms with Gasteiger partial charge in [0.05, 0.1) is 24.0 Å². The molecule has 2 aromatic carbocycles. The van der Waals surface area contributed by atoms with Gasteiger partial charge in [-0.2, -0.15) is 4.79 Å². The van der Waals surface area contributed by atoms with Crippen molar-refractivity contribution in [3.05, 3.63) is 71.3 Å². The molecule has 2 aromatic heterocycles. The second-order valence-electron chi connectivity index (χ2n) is 8.64. The molecule has 1 aliphatic heterocycles. The van der Waals surface area contributed by atoms with E-state index in [-0.39, 0.29) is 5.56 Å². The number of fused-ring (bicyclic) bond motifs is 2. The van der Waals surface area contributed by atoms with Crippen LogP contribution in [0.25, 0.3) is 11.0 Å². The molecule has 0 saturated heterocycles. The van der Waals surface area contributed by atoms with Crippen molar-refractivity contribution < 1.29 is 18.9 Å². The number of aromatic nitrogens is 3. The maximum atomic E-state index is 13.5. The molecule has 0 fully saturated rings. The topological polar surface area (TPSA) is 91.2 Å². The van der Waals surface area contributed by atoms with E-state index in [0.29, 0.717) is 22.8 Å². The molecule has 0 aliphatic carbocycles. The van der Waals surface area contributed by atoms with Gasteiger partial charge in [-0.3, -0.25) is 4.98 Å². The fourth-order valence-corrected chi connectivity index (χ4v) is 4.65. The van der Waals surface area contributed by atoms with Crippen LogP contribution in [-0.2, 0) is 11.2 Å². The molecule has 5 rings (SSSR count). The molecule has 1 amide bonds. The number of pyridine rings is 1. The predicted molar refractivity (Wildman–Crippen MR) is 133 cm³/mol. The Hall–Kier alpha value is -4.29. The van der Waals surface area contributed by atoms with Crippen molar-refractivity contribution in [1.82, 2.24) is 15.0 Å². The summed E-state index contributed by atoms with van der Waals surface area (Å²) in [6, 6.07) is 14.8. The minimum Gasteiger partial charge on any atom is -0.496 e. The smallest absolute Gasteiger partial charge is 0.440 e. The van der Waals surface area contributed by atoms with Gasteiger partial charge in [0.25, 0.3) is 5.69 Å². The quantitative estimate of drug-likeness (QED) is 0.261. The standard InChI is InChI=1S/C27H26N5O3/c1-17-10-13-23-21(28-17)7-4-5-14-31(23)19-11-12-20(25(15-19)35-3)27(34)32(16-33)24-9-6-8-22-26(24)30-18(2)29-22/h6,8-13,15H,4-5,7,14H2,1-3H3,(H,29,30)/q+1. The highest BCUT2D eigenvalue weighted by atomic mass is 16.5. The number of nitrogens with one attached hydrogen (secondary N) is 1. The van der Waals surface area contributed by atoms with Crippen molar-refractivity contribution >= 4 is 40.1 Å². The first-order chi connectivity index (χ1) is 17.0.